The molecule has 13 aromatic rings. The van der Waals surface area contributed by atoms with Crippen LogP contribution in [0.1, 0.15) is 0 Å². The van der Waals surface area contributed by atoms with E-state index in [4.69, 9.17) is 0 Å². The number of rotatable bonds is 2. The standard InChI is InChI=1S/C58H36N2/c1-59-50-28-23-33-12-3-5-14-36(33)55(50)57-43-18-9-7-16-38(43)47(31-52(57)59)35-22-25-40-46-27-26-41(42-20-11-21-45(54(42)46)48(40)30-35)49-32-53-58(44-19-10-8-17-39(44)49)56-37-15-6-4-13-34(37)24-29-51(56)60(53)2/h3-32H,1-2H3. The van der Waals surface area contributed by atoms with E-state index < -0.39 is 0 Å². The molecule has 1 aliphatic rings. The highest BCUT2D eigenvalue weighted by Crippen LogP contribution is 2.52. The smallest absolute Gasteiger partial charge is 0.0501 e. The van der Waals surface area contributed by atoms with Gasteiger partial charge in [0, 0.05) is 46.7 Å². The van der Waals surface area contributed by atoms with Gasteiger partial charge in [0.2, 0.25) is 0 Å². The maximum Gasteiger partial charge on any atom is 0.0501 e. The Kier molecular flexibility index (Phi) is 6.19. The molecule has 2 aromatic heterocycles. The van der Waals surface area contributed by atoms with Gasteiger partial charge < -0.3 is 9.13 Å². The van der Waals surface area contributed by atoms with E-state index in [0.29, 0.717) is 0 Å². The molecule has 0 atom stereocenters. The van der Waals surface area contributed by atoms with Crippen molar-refractivity contribution in [2.45, 2.75) is 0 Å². The largest absolute Gasteiger partial charge is 0.344 e. The zero-order valence-electron chi connectivity index (χ0n) is 33.2. The van der Waals surface area contributed by atoms with Gasteiger partial charge in [0.1, 0.15) is 0 Å². The maximum absolute atomic E-state index is 2.46. The topological polar surface area (TPSA) is 9.86 Å². The molecule has 0 amide bonds. The van der Waals surface area contributed by atoms with Gasteiger partial charge in [-0.3, -0.25) is 0 Å². The molecule has 0 aliphatic heterocycles. The van der Waals surface area contributed by atoms with Crippen LogP contribution in [0.4, 0.5) is 0 Å². The Bertz CT molecular complexity index is 4080. The fourth-order valence-electron chi connectivity index (χ4n) is 11.4. The lowest BCUT2D eigenvalue weighted by molar-refractivity contribution is 1.02. The molecule has 0 unspecified atom stereocenters. The minimum atomic E-state index is 1.24. The monoisotopic (exact) mass is 760 g/mol. The van der Waals surface area contributed by atoms with Crippen LogP contribution in [0.3, 0.4) is 0 Å². The average Bonchev–Trinajstić information content (AvgIpc) is 3.91. The molecule has 0 saturated heterocycles. The van der Waals surface area contributed by atoms with Gasteiger partial charge in [-0.25, -0.2) is 0 Å². The van der Waals surface area contributed by atoms with E-state index >= 15 is 0 Å². The first-order valence-corrected chi connectivity index (χ1v) is 21.0. The minimum Gasteiger partial charge on any atom is -0.344 e. The maximum atomic E-state index is 2.46. The van der Waals surface area contributed by atoms with Crippen molar-refractivity contribution in [1.29, 1.82) is 0 Å². The number of fused-ring (bicyclic) bond motifs is 17. The molecule has 14 rings (SSSR count). The van der Waals surface area contributed by atoms with Crippen LogP contribution in [0.2, 0.25) is 0 Å². The first kappa shape index (κ1) is 32.3. The van der Waals surface area contributed by atoms with E-state index in [1.165, 1.54) is 142 Å². The van der Waals surface area contributed by atoms with Crippen LogP contribution in [-0.2, 0) is 14.1 Å². The fourth-order valence-corrected chi connectivity index (χ4v) is 11.4. The Morgan fingerprint density at radius 2 is 0.717 bits per heavy atom. The quantitative estimate of drug-likeness (QED) is 0.166. The van der Waals surface area contributed by atoms with Crippen molar-refractivity contribution >= 4 is 97.5 Å². The van der Waals surface area contributed by atoms with E-state index in [-0.39, 0.29) is 0 Å². The summed E-state index contributed by atoms with van der Waals surface area (Å²) in [6, 6.07) is 68.5. The van der Waals surface area contributed by atoms with Crippen LogP contribution in [0.15, 0.2) is 182 Å². The van der Waals surface area contributed by atoms with Crippen molar-refractivity contribution in [3.8, 4) is 44.5 Å². The van der Waals surface area contributed by atoms with Crippen molar-refractivity contribution < 1.29 is 0 Å². The van der Waals surface area contributed by atoms with Crippen molar-refractivity contribution in [2.24, 2.45) is 14.1 Å². The summed E-state index contributed by atoms with van der Waals surface area (Å²) in [6.07, 6.45) is 0. The van der Waals surface area contributed by atoms with Crippen LogP contribution in [0.25, 0.3) is 142 Å². The van der Waals surface area contributed by atoms with Gasteiger partial charge in [0.05, 0.1) is 11.0 Å². The molecule has 60 heavy (non-hydrogen) atoms. The van der Waals surface area contributed by atoms with Gasteiger partial charge >= 0.3 is 0 Å². The average molecular weight is 761 g/mol. The van der Waals surface area contributed by atoms with Crippen LogP contribution in [-0.4, -0.2) is 9.13 Å². The molecule has 278 valence electrons. The van der Waals surface area contributed by atoms with E-state index in [1.54, 1.807) is 0 Å². The third kappa shape index (κ3) is 4.03. The number of benzene rings is 11. The molecule has 0 saturated carbocycles. The predicted octanol–water partition coefficient (Wildman–Crippen LogP) is 15.7. The second-order valence-electron chi connectivity index (χ2n) is 16.9. The predicted molar refractivity (Wildman–Crippen MR) is 257 cm³/mol. The van der Waals surface area contributed by atoms with Gasteiger partial charge in [-0.05, 0) is 129 Å². The van der Waals surface area contributed by atoms with Crippen LogP contribution < -0.4 is 0 Å². The number of hydrogen-bond acceptors (Lipinski definition) is 0. The van der Waals surface area contributed by atoms with Gasteiger partial charge in [0.15, 0.2) is 0 Å². The Balaban J connectivity index is 0.987. The summed E-state index contributed by atoms with van der Waals surface area (Å²) < 4.78 is 4.78. The van der Waals surface area contributed by atoms with Gasteiger partial charge in [-0.15, -0.1) is 0 Å². The third-order valence-corrected chi connectivity index (χ3v) is 14.0. The number of hydrogen-bond donors (Lipinski definition) is 0. The van der Waals surface area contributed by atoms with Crippen molar-refractivity contribution in [1.82, 2.24) is 9.13 Å². The molecule has 0 N–H and O–H groups in total. The summed E-state index contributed by atoms with van der Waals surface area (Å²) in [5, 5.41) is 18.3. The molecule has 0 radical (unpaired) electrons. The summed E-state index contributed by atoms with van der Waals surface area (Å²) in [5.74, 6) is 0. The second-order valence-corrected chi connectivity index (χ2v) is 16.9. The van der Waals surface area contributed by atoms with Gasteiger partial charge in [-0.1, -0.05) is 152 Å². The number of nitrogens with zero attached hydrogens (tertiary/aromatic N) is 2. The van der Waals surface area contributed by atoms with E-state index in [1.807, 2.05) is 0 Å². The summed E-state index contributed by atoms with van der Waals surface area (Å²) >= 11 is 0. The summed E-state index contributed by atoms with van der Waals surface area (Å²) in [4.78, 5) is 0. The Morgan fingerprint density at radius 1 is 0.250 bits per heavy atom. The van der Waals surface area contributed by atoms with E-state index in [9.17, 15) is 0 Å². The molecule has 11 aromatic carbocycles. The molecular weight excluding hydrogens is 725 g/mol. The van der Waals surface area contributed by atoms with Crippen LogP contribution >= 0.6 is 0 Å². The molecule has 1 aliphatic carbocycles. The first-order valence-electron chi connectivity index (χ1n) is 21.0. The van der Waals surface area contributed by atoms with Crippen LogP contribution in [0, 0.1) is 0 Å². The minimum absolute atomic E-state index is 1.24. The highest BCUT2D eigenvalue weighted by Gasteiger charge is 2.26. The Hall–Kier alpha value is -7.68. The molecule has 0 spiro atoms. The Morgan fingerprint density at radius 3 is 1.35 bits per heavy atom. The molecule has 0 bridgehead atoms. The Labute approximate surface area is 345 Å². The van der Waals surface area contributed by atoms with E-state index in [0.717, 1.165) is 0 Å². The lowest BCUT2D eigenvalue weighted by atomic mass is 9.90. The first-order chi connectivity index (χ1) is 29.6. The molecular formula is C58H36N2. The zero-order valence-corrected chi connectivity index (χ0v) is 33.2. The van der Waals surface area contributed by atoms with Crippen LogP contribution in [0.5, 0.6) is 0 Å². The summed E-state index contributed by atoms with van der Waals surface area (Å²) in [7, 11) is 4.45. The van der Waals surface area contributed by atoms with E-state index in [2.05, 4.69) is 205 Å². The highest BCUT2D eigenvalue weighted by molar-refractivity contribution is 6.32. The molecule has 2 heteroatoms. The van der Waals surface area contributed by atoms with Crippen molar-refractivity contribution in [3.05, 3.63) is 182 Å². The summed E-state index contributed by atoms with van der Waals surface area (Å²) in [6.45, 7) is 0. The third-order valence-electron chi connectivity index (χ3n) is 14.0. The van der Waals surface area contributed by atoms with Crippen molar-refractivity contribution in [3.63, 3.8) is 0 Å². The normalized spacial score (nSPS) is 12.5. The lowest BCUT2D eigenvalue weighted by Gasteiger charge is -2.14. The SMILES string of the molecule is Cn1c2ccc3ccccc3c2c2c3ccccc3c(-c3ccc4c(c3)-c3cccc5c(-c6cc7c(c8ccccc68)c6c8ccccc8ccc6n7C)ccc-4c35)cc21. The zero-order chi connectivity index (χ0) is 39.4. The molecule has 0 fully saturated rings. The fraction of sp³-hybridized carbons (Fsp3) is 0.0345. The number of aryl methyl sites for hydroxylation is 2. The second kappa shape index (κ2) is 11.5. The molecule has 2 nitrogen and oxygen atoms in total. The lowest BCUT2D eigenvalue weighted by Crippen LogP contribution is -1.90. The summed E-state index contributed by atoms with van der Waals surface area (Å²) in [5.41, 5.74) is 15.3. The van der Waals surface area contributed by atoms with Gasteiger partial charge in [0.25, 0.3) is 0 Å². The number of aromatic nitrogens is 2. The van der Waals surface area contributed by atoms with Crippen molar-refractivity contribution in [2.75, 3.05) is 0 Å². The van der Waals surface area contributed by atoms with Gasteiger partial charge in [-0.2, -0.15) is 0 Å². The molecule has 2 heterocycles. The highest BCUT2D eigenvalue weighted by atomic mass is 14.9.